The number of furan rings is 1. The lowest BCUT2D eigenvalue weighted by atomic mass is 10.3. The van der Waals surface area contributed by atoms with Crippen LogP contribution in [0.2, 0.25) is 0 Å². The maximum Gasteiger partial charge on any atom is 0.338 e. The number of unbranched alkanes of at least 4 members (excludes halogenated alkanes) is 1. The predicted molar refractivity (Wildman–Crippen MR) is 55.4 cm³/mol. The Morgan fingerprint density at radius 1 is 1.67 bits per heavy atom. The highest BCUT2D eigenvalue weighted by Crippen LogP contribution is 2.07. The molecule has 2 N–H and O–H groups in total. The number of carbonyl (C=O) groups is 1. The van der Waals surface area contributed by atoms with Crippen molar-refractivity contribution < 1.29 is 14.3 Å². The van der Waals surface area contributed by atoms with Gasteiger partial charge in [0.25, 0.3) is 0 Å². The highest BCUT2D eigenvalue weighted by molar-refractivity contribution is 5.87. The van der Waals surface area contributed by atoms with Gasteiger partial charge in [-0.2, -0.15) is 0 Å². The van der Waals surface area contributed by atoms with E-state index in [0.717, 1.165) is 19.4 Å². The van der Waals surface area contributed by atoms with E-state index in [-0.39, 0.29) is 5.56 Å². The van der Waals surface area contributed by atoms with Crippen LogP contribution in [0.5, 0.6) is 0 Å². The van der Waals surface area contributed by atoms with Crippen LogP contribution in [0.1, 0.15) is 29.0 Å². The number of rotatable bonds is 6. The molecule has 4 nitrogen and oxygen atoms in total. The van der Waals surface area contributed by atoms with Crippen molar-refractivity contribution in [2.45, 2.75) is 19.4 Å². The molecule has 1 aromatic heterocycles. The quantitative estimate of drug-likeness (QED) is 0.548. The molecule has 0 aliphatic heterocycles. The van der Waals surface area contributed by atoms with Crippen LogP contribution in [0.4, 0.5) is 0 Å². The standard InChI is InChI=1S/C11H13NO3/c1-2-3-4-5-12-7-10-6-9(8-15-10)11(13)14/h1,6,8,12H,3-5,7H2,(H,13,14). The fourth-order valence-corrected chi connectivity index (χ4v) is 1.11. The van der Waals surface area contributed by atoms with E-state index in [1.165, 1.54) is 12.3 Å². The van der Waals surface area contributed by atoms with E-state index in [2.05, 4.69) is 11.2 Å². The van der Waals surface area contributed by atoms with Crippen LogP contribution in [0.3, 0.4) is 0 Å². The van der Waals surface area contributed by atoms with Crippen molar-refractivity contribution in [2.75, 3.05) is 6.54 Å². The van der Waals surface area contributed by atoms with Crippen molar-refractivity contribution in [2.24, 2.45) is 0 Å². The lowest BCUT2D eigenvalue weighted by Crippen LogP contribution is -2.13. The predicted octanol–water partition coefficient (Wildman–Crippen LogP) is 1.48. The van der Waals surface area contributed by atoms with Crippen LogP contribution in [0.15, 0.2) is 16.7 Å². The molecule has 0 unspecified atom stereocenters. The summed E-state index contributed by atoms with van der Waals surface area (Å²) < 4.78 is 5.05. The third-order valence-corrected chi connectivity index (χ3v) is 1.87. The largest absolute Gasteiger partial charge is 0.478 e. The second-order valence-corrected chi connectivity index (χ2v) is 3.09. The minimum absolute atomic E-state index is 0.176. The van der Waals surface area contributed by atoms with Gasteiger partial charge in [0.05, 0.1) is 12.1 Å². The fourth-order valence-electron chi connectivity index (χ4n) is 1.11. The molecule has 0 aliphatic carbocycles. The lowest BCUT2D eigenvalue weighted by molar-refractivity contribution is 0.0696. The topological polar surface area (TPSA) is 62.5 Å². The molecular formula is C11H13NO3. The van der Waals surface area contributed by atoms with Gasteiger partial charge in [-0.15, -0.1) is 12.3 Å². The Hall–Kier alpha value is -1.73. The lowest BCUT2D eigenvalue weighted by Gasteiger charge is -1.99. The van der Waals surface area contributed by atoms with Crippen molar-refractivity contribution in [1.82, 2.24) is 5.32 Å². The Morgan fingerprint density at radius 3 is 3.07 bits per heavy atom. The molecule has 4 heteroatoms. The molecule has 15 heavy (non-hydrogen) atoms. The number of hydrogen-bond donors (Lipinski definition) is 2. The van der Waals surface area contributed by atoms with Crippen LogP contribution < -0.4 is 5.32 Å². The minimum atomic E-state index is -0.975. The molecule has 0 aliphatic rings. The minimum Gasteiger partial charge on any atom is -0.478 e. The van der Waals surface area contributed by atoms with Gasteiger partial charge >= 0.3 is 5.97 Å². The van der Waals surface area contributed by atoms with Gasteiger partial charge in [-0.05, 0) is 19.0 Å². The summed E-state index contributed by atoms with van der Waals surface area (Å²) in [5.74, 6) is 2.19. The molecule has 0 spiro atoms. The second kappa shape index (κ2) is 5.89. The smallest absolute Gasteiger partial charge is 0.338 e. The average Bonchev–Trinajstić information content (AvgIpc) is 2.66. The third kappa shape index (κ3) is 3.88. The number of hydrogen-bond acceptors (Lipinski definition) is 3. The monoisotopic (exact) mass is 207 g/mol. The van der Waals surface area contributed by atoms with Gasteiger partial charge in [-0.25, -0.2) is 4.79 Å². The molecule has 0 fully saturated rings. The first kappa shape index (κ1) is 11.3. The van der Waals surface area contributed by atoms with Crippen LogP contribution in [0.25, 0.3) is 0 Å². The number of terminal acetylenes is 1. The Bertz CT molecular complexity index is 362. The molecule has 0 radical (unpaired) electrons. The molecule has 0 amide bonds. The normalized spacial score (nSPS) is 9.80. The first-order chi connectivity index (χ1) is 7.24. The van der Waals surface area contributed by atoms with E-state index in [4.69, 9.17) is 15.9 Å². The summed E-state index contributed by atoms with van der Waals surface area (Å²) >= 11 is 0. The second-order valence-electron chi connectivity index (χ2n) is 3.09. The highest BCUT2D eigenvalue weighted by atomic mass is 16.4. The summed E-state index contributed by atoms with van der Waals surface area (Å²) in [6.45, 7) is 1.32. The SMILES string of the molecule is C#CCCCNCc1cc(C(=O)O)co1. The van der Waals surface area contributed by atoms with Crippen LogP contribution in [-0.2, 0) is 6.54 Å². The van der Waals surface area contributed by atoms with Gasteiger partial charge in [0.1, 0.15) is 12.0 Å². The van der Waals surface area contributed by atoms with E-state index < -0.39 is 5.97 Å². The molecule has 0 bridgehead atoms. The Labute approximate surface area is 88.3 Å². The van der Waals surface area contributed by atoms with Crippen LogP contribution in [0, 0.1) is 12.3 Å². The van der Waals surface area contributed by atoms with E-state index >= 15 is 0 Å². The van der Waals surface area contributed by atoms with Crippen LogP contribution >= 0.6 is 0 Å². The van der Waals surface area contributed by atoms with Gasteiger partial charge < -0.3 is 14.8 Å². The Kier molecular flexibility index (Phi) is 4.45. The Morgan fingerprint density at radius 2 is 2.47 bits per heavy atom. The molecular weight excluding hydrogens is 194 g/mol. The van der Waals surface area contributed by atoms with Crippen molar-refractivity contribution in [1.29, 1.82) is 0 Å². The van der Waals surface area contributed by atoms with Crippen LogP contribution in [-0.4, -0.2) is 17.6 Å². The first-order valence-electron chi connectivity index (χ1n) is 4.69. The van der Waals surface area contributed by atoms with Crippen molar-refractivity contribution in [3.05, 3.63) is 23.7 Å². The van der Waals surface area contributed by atoms with Gasteiger partial charge in [0.15, 0.2) is 0 Å². The number of carboxylic acids is 1. The number of nitrogens with one attached hydrogen (secondary N) is 1. The molecule has 0 atom stereocenters. The summed E-state index contributed by atoms with van der Waals surface area (Å²) in [5, 5.41) is 11.7. The molecule has 0 saturated carbocycles. The van der Waals surface area contributed by atoms with Gasteiger partial charge in [0.2, 0.25) is 0 Å². The molecule has 1 aromatic rings. The van der Waals surface area contributed by atoms with Crippen molar-refractivity contribution in [3.63, 3.8) is 0 Å². The highest BCUT2D eigenvalue weighted by Gasteiger charge is 2.07. The van der Waals surface area contributed by atoms with Gasteiger partial charge in [-0.1, -0.05) is 0 Å². The zero-order valence-electron chi connectivity index (χ0n) is 8.32. The van der Waals surface area contributed by atoms with Crippen molar-refractivity contribution >= 4 is 5.97 Å². The fraction of sp³-hybridized carbons (Fsp3) is 0.364. The summed E-state index contributed by atoms with van der Waals surface area (Å²) in [6.07, 6.45) is 7.98. The van der Waals surface area contributed by atoms with E-state index in [0.29, 0.717) is 12.3 Å². The molecule has 1 heterocycles. The molecule has 1 rings (SSSR count). The average molecular weight is 207 g/mol. The maximum atomic E-state index is 10.5. The zero-order valence-corrected chi connectivity index (χ0v) is 8.32. The number of carboxylic acid groups (broad SMARTS) is 1. The van der Waals surface area contributed by atoms with Gasteiger partial charge in [-0.3, -0.25) is 0 Å². The van der Waals surface area contributed by atoms with E-state index in [9.17, 15) is 4.79 Å². The number of aromatic carboxylic acids is 1. The summed E-state index contributed by atoms with van der Waals surface area (Å²) in [7, 11) is 0. The van der Waals surface area contributed by atoms with E-state index in [1.807, 2.05) is 0 Å². The Balaban J connectivity index is 2.26. The molecule has 0 saturated heterocycles. The summed E-state index contributed by atoms with van der Waals surface area (Å²) in [6, 6.07) is 1.51. The summed E-state index contributed by atoms with van der Waals surface area (Å²) in [5.41, 5.74) is 0.176. The third-order valence-electron chi connectivity index (χ3n) is 1.87. The van der Waals surface area contributed by atoms with Crippen molar-refractivity contribution in [3.8, 4) is 12.3 Å². The van der Waals surface area contributed by atoms with Gasteiger partial charge in [0, 0.05) is 6.42 Å². The maximum absolute atomic E-state index is 10.5. The zero-order chi connectivity index (χ0) is 11.1. The summed E-state index contributed by atoms with van der Waals surface area (Å²) in [4.78, 5) is 10.5. The molecule has 0 aromatic carbocycles. The molecule has 80 valence electrons. The first-order valence-corrected chi connectivity index (χ1v) is 4.69. The van der Waals surface area contributed by atoms with E-state index in [1.54, 1.807) is 0 Å².